The third kappa shape index (κ3) is 3.08. The molecule has 0 saturated carbocycles. The van der Waals surface area contributed by atoms with Crippen LogP contribution in [0.25, 0.3) is 0 Å². The SMILES string of the molecule is Nc1ncnc(NCc2cccc(Cl)c2)c1Br. The zero-order chi connectivity index (χ0) is 12.3. The Morgan fingerprint density at radius 1 is 1.35 bits per heavy atom. The van der Waals surface area contributed by atoms with Gasteiger partial charge in [0.05, 0.1) is 0 Å². The van der Waals surface area contributed by atoms with E-state index in [0.717, 1.165) is 5.56 Å². The molecule has 3 N–H and O–H groups in total. The number of nitrogens with zero attached hydrogens (tertiary/aromatic N) is 2. The number of nitrogens with one attached hydrogen (secondary N) is 1. The first kappa shape index (κ1) is 12.1. The molecule has 0 atom stereocenters. The largest absolute Gasteiger partial charge is 0.383 e. The minimum Gasteiger partial charge on any atom is -0.383 e. The summed E-state index contributed by atoms with van der Waals surface area (Å²) in [6.07, 6.45) is 1.42. The standard InChI is InChI=1S/C11H10BrClN4/c12-9-10(14)16-6-17-11(9)15-5-7-2-1-3-8(13)4-7/h1-4,6H,5H2,(H3,14,15,16,17). The second-order valence-electron chi connectivity index (χ2n) is 3.40. The minimum atomic E-state index is 0.411. The Kier molecular flexibility index (Phi) is 3.81. The minimum absolute atomic E-state index is 0.411. The molecule has 0 aliphatic carbocycles. The van der Waals surface area contributed by atoms with Gasteiger partial charge < -0.3 is 11.1 Å². The van der Waals surface area contributed by atoms with E-state index in [2.05, 4.69) is 31.2 Å². The smallest absolute Gasteiger partial charge is 0.146 e. The number of anilines is 2. The molecule has 0 saturated heterocycles. The van der Waals surface area contributed by atoms with Gasteiger partial charge in [-0.2, -0.15) is 0 Å². The van der Waals surface area contributed by atoms with E-state index in [4.69, 9.17) is 17.3 Å². The third-order valence-corrected chi connectivity index (χ3v) is 3.18. The third-order valence-electron chi connectivity index (χ3n) is 2.17. The van der Waals surface area contributed by atoms with Crippen molar-refractivity contribution in [2.45, 2.75) is 6.54 Å². The highest BCUT2D eigenvalue weighted by atomic mass is 79.9. The number of benzene rings is 1. The van der Waals surface area contributed by atoms with Gasteiger partial charge in [-0.3, -0.25) is 0 Å². The van der Waals surface area contributed by atoms with Gasteiger partial charge in [-0.15, -0.1) is 0 Å². The number of aromatic nitrogens is 2. The Morgan fingerprint density at radius 2 is 2.18 bits per heavy atom. The van der Waals surface area contributed by atoms with Gasteiger partial charge in [0, 0.05) is 11.6 Å². The fourth-order valence-electron chi connectivity index (χ4n) is 1.34. The molecular weight excluding hydrogens is 304 g/mol. The second kappa shape index (κ2) is 5.33. The fraction of sp³-hybridized carbons (Fsp3) is 0.0909. The number of nitrogen functional groups attached to an aromatic ring is 1. The molecular formula is C11H10BrClN4. The van der Waals surface area contributed by atoms with Crippen molar-refractivity contribution in [1.29, 1.82) is 0 Å². The number of rotatable bonds is 3. The highest BCUT2D eigenvalue weighted by molar-refractivity contribution is 9.10. The van der Waals surface area contributed by atoms with E-state index in [1.165, 1.54) is 6.33 Å². The van der Waals surface area contributed by atoms with Crippen LogP contribution in [0.3, 0.4) is 0 Å². The molecule has 1 heterocycles. The molecule has 0 radical (unpaired) electrons. The van der Waals surface area contributed by atoms with Gasteiger partial charge >= 0.3 is 0 Å². The van der Waals surface area contributed by atoms with Gasteiger partial charge in [-0.1, -0.05) is 23.7 Å². The lowest BCUT2D eigenvalue weighted by Crippen LogP contribution is -2.04. The number of halogens is 2. The maximum atomic E-state index is 5.90. The predicted octanol–water partition coefficient (Wildman–Crippen LogP) is 3.09. The summed E-state index contributed by atoms with van der Waals surface area (Å²) >= 11 is 9.23. The van der Waals surface area contributed by atoms with Crippen LogP contribution in [0.1, 0.15) is 5.56 Å². The van der Waals surface area contributed by atoms with E-state index in [0.29, 0.717) is 27.7 Å². The molecule has 1 aromatic carbocycles. The molecule has 88 valence electrons. The molecule has 0 unspecified atom stereocenters. The topological polar surface area (TPSA) is 63.8 Å². The Hall–Kier alpha value is -1.33. The van der Waals surface area contributed by atoms with Gasteiger partial charge in [0.25, 0.3) is 0 Å². The van der Waals surface area contributed by atoms with Crippen molar-refractivity contribution in [3.05, 3.63) is 45.7 Å². The van der Waals surface area contributed by atoms with E-state index in [-0.39, 0.29) is 0 Å². The summed E-state index contributed by atoms with van der Waals surface area (Å²) in [4.78, 5) is 7.96. The van der Waals surface area contributed by atoms with E-state index < -0.39 is 0 Å². The first-order valence-corrected chi connectivity index (χ1v) is 6.08. The average molecular weight is 314 g/mol. The molecule has 4 nitrogen and oxygen atoms in total. The monoisotopic (exact) mass is 312 g/mol. The van der Waals surface area contributed by atoms with Crippen LogP contribution in [0.4, 0.5) is 11.6 Å². The van der Waals surface area contributed by atoms with Gasteiger partial charge in [0.2, 0.25) is 0 Å². The molecule has 0 spiro atoms. The van der Waals surface area contributed by atoms with Crippen LogP contribution in [0, 0.1) is 0 Å². The molecule has 0 aliphatic rings. The normalized spacial score (nSPS) is 10.2. The fourth-order valence-corrected chi connectivity index (χ4v) is 1.90. The summed E-state index contributed by atoms with van der Waals surface area (Å²) in [6.45, 7) is 0.621. The Labute approximate surface area is 112 Å². The summed E-state index contributed by atoms with van der Waals surface area (Å²) in [5.41, 5.74) is 6.73. The van der Waals surface area contributed by atoms with Gasteiger partial charge in [0.1, 0.15) is 22.4 Å². The molecule has 0 bridgehead atoms. The zero-order valence-corrected chi connectivity index (χ0v) is 11.2. The Bertz CT molecular complexity index is 533. The lowest BCUT2D eigenvalue weighted by molar-refractivity contribution is 1.08. The summed E-state index contributed by atoms with van der Waals surface area (Å²) in [7, 11) is 0. The van der Waals surface area contributed by atoms with Crippen molar-refractivity contribution in [1.82, 2.24) is 9.97 Å². The maximum Gasteiger partial charge on any atom is 0.146 e. The first-order chi connectivity index (χ1) is 8.16. The van der Waals surface area contributed by atoms with Crippen LogP contribution in [0.5, 0.6) is 0 Å². The molecule has 2 aromatic rings. The quantitative estimate of drug-likeness (QED) is 0.914. The van der Waals surface area contributed by atoms with Crippen LogP contribution < -0.4 is 11.1 Å². The Balaban J connectivity index is 2.10. The highest BCUT2D eigenvalue weighted by Gasteiger charge is 2.05. The number of hydrogen-bond acceptors (Lipinski definition) is 4. The van der Waals surface area contributed by atoms with E-state index in [1.54, 1.807) is 0 Å². The van der Waals surface area contributed by atoms with Crippen LogP contribution in [0.15, 0.2) is 35.1 Å². The van der Waals surface area contributed by atoms with Gasteiger partial charge in [0.15, 0.2) is 0 Å². The average Bonchev–Trinajstić information content (AvgIpc) is 2.31. The van der Waals surface area contributed by atoms with Crippen LogP contribution in [-0.4, -0.2) is 9.97 Å². The van der Waals surface area contributed by atoms with Crippen molar-refractivity contribution >= 4 is 39.2 Å². The molecule has 1 aromatic heterocycles. The zero-order valence-electron chi connectivity index (χ0n) is 8.82. The van der Waals surface area contributed by atoms with Crippen molar-refractivity contribution < 1.29 is 0 Å². The van der Waals surface area contributed by atoms with Gasteiger partial charge in [-0.25, -0.2) is 9.97 Å². The predicted molar refractivity (Wildman–Crippen MR) is 72.9 cm³/mol. The lowest BCUT2D eigenvalue weighted by Gasteiger charge is -2.08. The number of hydrogen-bond donors (Lipinski definition) is 2. The van der Waals surface area contributed by atoms with E-state index in [9.17, 15) is 0 Å². The van der Waals surface area contributed by atoms with Crippen LogP contribution in [-0.2, 0) is 6.54 Å². The molecule has 0 fully saturated rings. The van der Waals surface area contributed by atoms with Gasteiger partial charge in [-0.05, 0) is 33.6 Å². The molecule has 17 heavy (non-hydrogen) atoms. The first-order valence-electron chi connectivity index (χ1n) is 4.91. The molecule has 6 heteroatoms. The van der Waals surface area contributed by atoms with E-state index >= 15 is 0 Å². The van der Waals surface area contributed by atoms with Crippen LogP contribution in [0.2, 0.25) is 5.02 Å². The summed E-state index contributed by atoms with van der Waals surface area (Å²) in [5, 5.41) is 3.87. The summed E-state index contributed by atoms with van der Waals surface area (Å²) in [5.74, 6) is 1.08. The van der Waals surface area contributed by atoms with Crippen molar-refractivity contribution in [2.75, 3.05) is 11.1 Å². The van der Waals surface area contributed by atoms with Crippen LogP contribution >= 0.6 is 27.5 Å². The highest BCUT2D eigenvalue weighted by Crippen LogP contribution is 2.24. The van der Waals surface area contributed by atoms with E-state index in [1.807, 2.05) is 24.3 Å². The lowest BCUT2D eigenvalue weighted by atomic mass is 10.2. The molecule has 2 rings (SSSR count). The van der Waals surface area contributed by atoms with Crippen molar-refractivity contribution in [3.8, 4) is 0 Å². The number of nitrogens with two attached hydrogens (primary N) is 1. The maximum absolute atomic E-state index is 5.90. The van der Waals surface area contributed by atoms with Crippen molar-refractivity contribution in [3.63, 3.8) is 0 Å². The second-order valence-corrected chi connectivity index (χ2v) is 4.63. The molecule has 0 amide bonds. The summed E-state index contributed by atoms with van der Waals surface area (Å²) < 4.78 is 0.669. The summed E-state index contributed by atoms with van der Waals surface area (Å²) in [6, 6.07) is 7.62. The molecule has 0 aliphatic heterocycles. The Morgan fingerprint density at radius 3 is 2.94 bits per heavy atom. The van der Waals surface area contributed by atoms with Crippen molar-refractivity contribution in [2.24, 2.45) is 0 Å².